The number of hydrogen-bond acceptors (Lipinski definition) is 1. The summed E-state index contributed by atoms with van der Waals surface area (Å²) >= 11 is 0. The molecule has 0 aromatic rings. The van der Waals surface area contributed by atoms with Crippen LogP contribution in [0.1, 0.15) is 13.8 Å². The first-order valence-corrected chi connectivity index (χ1v) is 3.09. The number of nitrogens with zero attached hydrogens (tertiary/aromatic N) is 1. The summed E-state index contributed by atoms with van der Waals surface area (Å²) < 4.78 is 0. The second kappa shape index (κ2) is 1.87. The second-order valence-corrected chi connectivity index (χ2v) is 2.59. The van der Waals surface area contributed by atoms with Gasteiger partial charge < -0.3 is 4.90 Å². The molecule has 1 saturated heterocycles. The van der Waals surface area contributed by atoms with Crippen LogP contribution in [0.4, 0.5) is 0 Å². The summed E-state index contributed by atoms with van der Waals surface area (Å²) in [5.74, 6) is 0.0995. The lowest BCUT2D eigenvalue weighted by atomic mass is 10.3. The van der Waals surface area contributed by atoms with Crippen molar-refractivity contribution >= 4 is 5.91 Å². The van der Waals surface area contributed by atoms with E-state index in [1.165, 1.54) is 0 Å². The molecule has 1 heterocycles. The molecule has 50 valence electrons. The van der Waals surface area contributed by atoms with Gasteiger partial charge >= 0.3 is 0 Å². The van der Waals surface area contributed by atoms with Crippen LogP contribution in [0.2, 0.25) is 0 Å². The minimum Gasteiger partial charge on any atom is -0.332 e. The van der Waals surface area contributed by atoms with Crippen LogP contribution < -0.4 is 0 Å². The van der Waals surface area contributed by atoms with Gasteiger partial charge in [0.15, 0.2) is 0 Å². The lowest BCUT2D eigenvalue weighted by molar-refractivity contribution is -0.122. The Hall–Kier alpha value is -0.790. The number of hydrogen-bond donors (Lipinski definition) is 0. The standard InChI is InChI=1S/C7H11NO/c1-5(2)7(9)8-4-6(8)3/h6H,1,4H2,2-3H3. The minimum atomic E-state index is 0.0995. The van der Waals surface area contributed by atoms with E-state index < -0.39 is 0 Å². The van der Waals surface area contributed by atoms with E-state index in [9.17, 15) is 4.79 Å². The molecule has 0 bridgehead atoms. The third kappa shape index (κ3) is 1.12. The fourth-order valence-corrected chi connectivity index (χ4v) is 0.766. The molecular weight excluding hydrogens is 114 g/mol. The fourth-order valence-electron chi connectivity index (χ4n) is 0.766. The summed E-state index contributed by atoms with van der Waals surface area (Å²) in [5, 5.41) is 0. The highest BCUT2D eigenvalue weighted by Crippen LogP contribution is 2.18. The first-order valence-electron chi connectivity index (χ1n) is 3.09. The van der Waals surface area contributed by atoms with Crippen LogP contribution in [0, 0.1) is 0 Å². The van der Waals surface area contributed by atoms with Crippen LogP contribution in [-0.4, -0.2) is 23.4 Å². The Morgan fingerprint density at radius 1 is 1.78 bits per heavy atom. The Morgan fingerprint density at radius 3 is 2.33 bits per heavy atom. The van der Waals surface area contributed by atoms with E-state index in [1.807, 2.05) is 6.92 Å². The quantitative estimate of drug-likeness (QED) is 0.375. The predicted octanol–water partition coefficient (Wildman–Crippen LogP) is 0.793. The van der Waals surface area contributed by atoms with E-state index in [-0.39, 0.29) is 5.91 Å². The summed E-state index contributed by atoms with van der Waals surface area (Å²) in [6.45, 7) is 8.24. The molecule has 0 aromatic heterocycles. The highest BCUT2D eigenvalue weighted by Gasteiger charge is 2.33. The van der Waals surface area contributed by atoms with Crippen LogP contribution in [0.25, 0.3) is 0 Å². The molecule has 1 fully saturated rings. The topological polar surface area (TPSA) is 20.1 Å². The molecule has 1 rings (SSSR count). The highest BCUT2D eigenvalue weighted by molar-refractivity contribution is 5.93. The zero-order valence-electron chi connectivity index (χ0n) is 5.85. The maximum atomic E-state index is 10.9. The molecule has 1 atom stereocenters. The largest absolute Gasteiger partial charge is 0.332 e. The summed E-state index contributed by atoms with van der Waals surface area (Å²) in [6.07, 6.45) is 0. The molecule has 0 spiro atoms. The lowest BCUT2D eigenvalue weighted by Crippen LogP contribution is -2.12. The smallest absolute Gasteiger partial charge is 0.249 e. The van der Waals surface area contributed by atoms with Crippen LogP contribution in [0.15, 0.2) is 12.2 Å². The average molecular weight is 125 g/mol. The number of carbonyl (C=O) groups is 1. The first-order chi connectivity index (χ1) is 4.13. The van der Waals surface area contributed by atoms with E-state index >= 15 is 0 Å². The molecule has 0 aliphatic carbocycles. The number of rotatable bonds is 1. The van der Waals surface area contributed by atoms with Crippen molar-refractivity contribution in [1.29, 1.82) is 0 Å². The van der Waals surface area contributed by atoms with Crippen molar-refractivity contribution in [3.63, 3.8) is 0 Å². The van der Waals surface area contributed by atoms with Gasteiger partial charge in [0.1, 0.15) is 0 Å². The third-order valence-electron chi connectivity index (χ3n) is 1.49. The molecule has 0 aromatic carbocycles. The van der Waals surface area contributed by atoms with Crippen molar-refractivity contribution < 1.29 is 4.79 Å². The average Bonchev–Trinajstić information content (AvgIpc) is 2.44. The maximum Gasteiger partial charge on any atom is 0.249 e. The van der Waals surface area contributed by atoms with Gasteiger partial charge in [-0.1, -0.05) is 6.58 Å². The summed E-state index contributed by atoms with van der Waals surface area (Å²) in [6, 6.07) is 0.453. The van der Waals surface area contributed by atoms with Gasteiger partial charge in [-0.15, -0.1) is 0 Å². The zero-order chi connectivity index (χ0) is 7.02. The van der Waals surface area contributed by atoms with Crippen molar-refractivity contribution in [3.8, 4) is 0 Å². The predicted molar refractivity (Wildman–Crippen MR) is 36.0 cm³/mol. The molecule has 1 unspecified atom stereocenters. The molecule has 1 aliphatic rings. The van der Waals surface area contributed by atoms with Gasteiger partial charge in [0.05, 0.1) is 0 Å². The van der Waals surface area contributed by atoms with Gasteiger partial charge in [-0.3, -0.25) is 4.79 Å². The Kier molecular flexibility index (Phi) is 1.31. The maximum absolute atomic E-state index is 10.9. The Labute approximate surface area is 55.2 Å². The molecule has 2 nitrogen and oxygen atoms in total. The van der Waals surface area contributed by atoms with Crippen molar-refractivity contribution in [2.45, 2.75) is 19.9 Å². The summed E-state index contributed by atoms with van der Waals surface area (Å²) in [7, 11) is 0. The van der Waals surface area contributed by atoms with E-state index in [1.54, 1.807) is 11.8 Å². The van der Waals surface area contributed by atoms with Crippen molar-refractivity contribution in [2.24, 2.45) is 0 Å². The number of amides is 1. The monoisotopic (exact) mass is 125 g/mol. The molecule has 2 heteroatoms. The minimum absolute atomic E-state index is 0.0995. The van der Waals surface area contributed by atoms with Crippen LogP contribution in [-0.2, 0) is 4.79 Å². The van der Waals surface area contributed by atoms with E-state index in [0.29, 0.717) is 11.6 Å². The van der Waals surface area contributed by atoms with Gasteiger partial charge in [0, 0.05) is 18.2 Å². The fraction of sp³-hybridized carbons (Fsp3) is 0.571. The van der Waals surface area contributed by atoms with Gasteiger partial charge in [-0.25, -0.2) is 0 Å². The van der Waals surface area contributed by atoms with Crippen molar-refractivity contribution in [3.05, 3.63) is 12.2 Å². The summed E-state index contributed by atoms with van der Waals surface area (Å²) in [5.41, 5.74) is 0.638. The van der Waals surface area contributed by atoms with Gasteiger partial charge in [0.2, 0.25) is 5.91 Å². The molecule has 1 aliphatic heterocycles. The van der Waals surface area contributed by atoms with Gasteiger partial charge in [-0.05, 0) is 13.8 Å². The molecule has 9 heavy (non-hydrogen) atoms. The highest BCUT2D eigenvalue weighted by atomic mass is 16.2. The van der Waals surface area contributed by atoms with Crippen LogP contribution in [0.5, 0.6) is 0 Å². The molecule has 0 saturated carbocycles. The van der Waals surface area contributed by atoms with Crippen LogP contribution in [0.3, 0.4) is 0 Å². The molecule has 1 amide bonds. The van der Waals surface area contributed by atoms with E-state index in [4.69, 9.17) is 0 Å². The Balaban J connectivity index is 2.46. The normalized spacial score (nSPS) is 23.8. The first kappa shape index (κ1) is 6.33. The molecule has 0 radical (unpaired) electrons. The second-order valence-electron chi connectivity index (χ2n) is 2.59. The van der Waals surface area contributed by atoms with Crippen molar-refractivity contribution in [2.75, 3.05) is 6.54 Å². The third-order valence-corrected chi connectivity index (χ3v) is 1.49. The summed E-state index contributed by atoms with van der Waals surface area (Å²) in [4.78, 5) is 12.7. The lowest BCUT2D eigenvalue weighted by Gasteiger charge is -1.98. The van der Waals surface area contributed by atoms with E-state index in [0.717, 1.165) is 6.54 Å². The van der Waals surface area contributed by atoms with E-state index in [2.05, 4.69) is 6.58 Å². The Morgan fingerprint density at radius 2 is 2.22 bits per heavy atom. The Bertz CT molecular complexity index is 162. The SMILES string of the molecule is C=C(C)C(=O)N1CC1C. The van der Waals surface area contributed by atoms with Crippen molar-refractivity contribution in [1.82, 2.24) is 4.90 Å². The van der Waals surface area contributed by atoms with Gasteiger partial charge in [-0.2, -0.15) is 0 Å². The zero-order valence-corrected chi connectivity index (χ0v) is 5.85. The van der Waals surface area contributed by atoms with Gasteiger partial charge in [0.25, 0.3) is 0 Å². The van der Waals surface area contributed by atoms with Crippen LogP contribution >= 0.6 is 0 Å². The molecular formula is C7H11NO. The number of carbonyl (C=O) groups excluding carboxylic acids is 1. The molecule has 0 N–H and O–H groups in total.